The summed E-state index contributed by atoms with van der Waals surface area (Å²) in [5.41, 5.74) is 5.06. The molecular formula is C10H15NO. The summed E-state index contributed by atoms with van der Waals surface area (Å²) < 4.78 is 4.90. The van der Waals surface area contributed by atoms with Crippen molar-refractivity contribution in [3.63, 3.8) is 0 Å². The number of ether oxygens (including phenoxy) is 1. The average molecular weight is 165 g/mol. The molecule has 12 heavy (non-hydrogen) atoms. The van der Waals surface area contributed by atoms with Crippen molar-refractivity contribution < 1.29 is 4.74 Å². The van der Waals surface area contributed by atoms with Crippen molar-refractivity contribution in [2.45, 2.75) is 20.3 Å². The molecule has 66 valence electrons. The molecule has 0 unspecified atom stereocenters. The predicted octanol–water partition coefficient (Wildman–Crippen LogP) is 2.00. The summed E-state index contributed by atoms with van der Waals surface area (Å²) in [4.78, 5) is 0. The molecule has 0 amide bonds. The third kappa shape index (κ3) is 6.76. The third-order valence-electron chi connectivity index (χ3n) is 1.03. The van der Waals surface area contributed by atoms with E-state index < -0.39 is 0 Å². The molecule has 0 fully saturated rings. The first-order chi connectivity index (χ1) is 5.66. The Hall–Kier alpha value is -1.36. The van der Waals surface area contributed by atoms with Crippen LogP contribution in [0.25, 0.3) is 0 Å². The molecule has 0 aromatic rings. The predicted molar refractivity (Wildman–Crippen MR) is 50.8 cm³/mol. The molecule has 0 aliphatic carbocycles. The van der Waals surface area contributed by atoms with Gasteiger partial charge in [0.2, 0.25) is 0 Å². The van der Waals surface area contributed by atoms with Gasteiger partial charge in [-0.05, 0) is 18.4 Å². The van der Waals surface area contributed by atoms with Gasteiger partial charge in [0.15, 0.2) is 5.76 Å². The van der Waals surface area contributed by atoms with Crippen LogP contribution < -0.4 is 5.73 Å². The summed E-state index contributed by atoms with van der Waals surface area (Å²) in [5, 5.41) is 0. The van der Waals surface area contributed by atoms with E-state index in [0.29, 0.717) is 11.7 Å². The highest BCUT2D eigenvalue weighted by molar-refractivity contribution is 5.20. The van der Waals surface area contributed by atoms with E-state index in [-0.39, 0.29) is 0 Å². The summed E-state index contributed by atoms with van der Waals surface area (Å²) in [7, 11) is 0. The van der Waals surface area contributed by atoms with E-state index in [2.05, 4.69) is 32.3 Å². The molecular weight excluding hydrogens is 150 g/mol. The topological polar surface area (TPSA) is 35.2 Å². The van der Waals surface area contributed by atoms with Gasteiger partial charge in [-0.1, -0.05) is 19.8 Å². The second kappa shape index (κ2) is 6.36. The van der Waals surface area contributed by atoms with Crippen molar-refractivity contribution in [2.75, 3.05) is 0 Å². The number of rotatable bonds is 3. The third-order valence-corrected chi connectivity index (χ3v) is 1.03. The lowest BCUT2D eigenvalue weighted by Crippen LogP contribution is -1.84. The van der Waals surface area contributed by atoms with Crippen LogP contribution >= 0.6 is 0 Å². The van der Waals surface area contributed by atoms with Gasteiger partial charge in [-0.2, -0.15) is 0 Å². The van der Waals surface area contributed by atoms with E-state index in [1.54, 1.807) is 0 Å². The fraction of sp³-hybridized carbons (Fsp3) is 0.400. The quantitative estimate of drug-likeness (QED) is 0.512. The van der Waals surface area contributed by atoms with Crippen LogP contribution in [0.3, 0.4) is 0 Å². The van der Waals surface area contributed by atoms with Crippen LogP contribution in [-0.2, 0) is 4.74 Å². The van der Waals surface area contributed by atoms with Crippen molar-refractivity contribution in [3.05, 3.63) is 24.8 Å². The Morgan fingerprint density at radius 1 is 1.67 bits per heavy atom. The lowest BCUT2D eigenvalue weighted by molar-refractivity contribution is 0.374. The molecule has 0 aromatic heterocycles. The van der Waals surface area contributed by atoms with Gasteiger partial charge in [-0.3, -0.25) is 0 Å². The van der Waals surface area contributed by atoms with E-state index >= 15 is 0 Å². The number of hydrogen-bond acceptors (Lipinski definition) is 2. The second-order valence-corrected chi connectivity index (χ2v) is 2.77. The Morgan fingerprint density at radius 3 is 2.83 bits per heavy atom. The molecule has 0 bridgehead atoms. The molecule has 0 rings (SSSR count). The maximum atomic E-state index is 5.06. The molecule has 2 N–H and O–H groups in total. The molecule has 0 saturated carbocycles. The first kappa shape index (κ1) is 10.6. The summed E-state index contributed by atoms with van der Waals surface area (Å²) in [6, 6.07) is 0. The highest BCUT2D eigenvalue weighted by Crippen LogP contribution is 1.97. The van der Waals surface area contributed by atoms with E-state index in [9.17, 15) is 0 Å². The minimum absolute atomic E-state index is 0.428. The van der Waals surface area contributed by atoms with Crippen LogP contribution in [0.1, 0.15) is 20.3 Å². The Balaban J connectivity index is 3.72. The standard InChI is InChI=1S/C10H15NO/c1-9(2)5-4-6-10(3)12-8-7-11/h7-9H,3,5,11H2,1-2H3/b8-7-. The first-order valence-electron chi connectivity index (χ1n) is 3.88. The van der Waals surface area contributed by atoms with Crippen LogP contribution in [-0.4, -0.2) is 0 Å². The van der Waals surface area contributed by atoms with Crippen molar-refractivity contribution in [1.82, 2.24) is 0 Å². The molecule has 2 nitrogen and oxygen atoms in total. The summed E-state index contributed by atoms with van der Waals surface area (Å²) in [5.74, 6) is 6.73. The SMILES string of the molecule is C=C(C#CCC(C)C)O/C=C\N. The highest BCUT2D eigenvalue weighted by atomic mass is 16.5. The Morgan fingerprint density at radius 2 is 2.33 bits per heavy atom. The normalized spacial score (nSPS) is 9.58. The van der Waals surface area contributed by atoms with Crippen molar-refractivity contribution in [2.24, 2.45) is 11.7 Å². The zero-order valence-electron chi connectivity index (χ0n) is 7.63. The van der Waals surface area contributed by atoms with Crippen LogP contribution in [0.2, 0.25) is 0 Å². The lowest BCUT2D eigenvalue weighted by Gasteiger charge is -1.95. The molecule has 0 aliphatic rings. The molecule has 2 heteroatoms. The average Bonchev–Trinajstić information content (AvgIpc) is 2.00. The summed E-state index contributed by atoms with van der Waals surface area (Å²) in [6.45, 7) is 7.80. The molecule has 0 spiro atoms. The van der Waals surface area contributed by atoms with Crippen molar-refractivity contribution >= 4 is 0 Å². The first-order valence-corrected chi connectivity index (χ1v) is 3.88. The molecule has 0 heterocycles. The minimum Gasteiger partial charge on any atom is -0.455 e. The van der Waals surface area contributed by atoms with E-state index in [4.69, 9.17) is 10.5 Å². The molecule has 0 saturated heterocycles. The smallest absolute Gasteiger partial charge is 0.169 e. The number of nitrogens with two attached hydrogens (primary N) is 1. The van der Waals surface area contributed by atoms with Gasteiger partial charge in [0.05, 0.1) is 0 Å². The highest BCUT2D eigenvalue weighted by Gasteiger charge is 1.87. The summed E-state index contributed by atoms with van der Waals surface area (Å²) in [6.07, 6.45) is 3.51. The van der Waals surface area contributed by atoms with Crippen molar-refractivity contribution in [3.8, 4) is 11.8 Å². The summed E-state index contributed by atoms with van der Waals surface area (Å²) >= 11 is 0. The molecule has 0 atom stereocenters. The van der Waals surface area contributed by atoms with E-state index in [0.717, 1.165) is 6.42 Å². The largest absolute Gasteiger partial charge is 0.455 e. The molecule has 0 aliphatic heterocycles. The monoisotopic (exact) mass is 165 g/mol. The van der Waals surface area contributed by atoms with Crippen LogP contribution in [0.5, 0.6) is 0 Å². The maximum Gasteiger partial charge on any atom is 0.169 e. The Bertz CT molecular complexity index is 218. The number of hydrogen-bond donors (Lipinski definition) is 1. The van der Waals surface area contributed by atoms with Gasteiger partial charge >= 0.3 is 0 Å². The lowest BCUT2D eigenvalue weighted by atomic mass is 10.1. The molecule has 0 aromatic carbocycles. The zero-order chi connectivity index (χ0) is 9.40. The Labute approximate surface area is 74.1 Å². The van der Waals surface area contributed by atoms with Gasteiger partial charge < -0.3 is 10.5 Å². The van der Waals surface area contributed by atoms with Crippen LogP contribution in [0.15, 0.2) is 24.8 Å². The zero-order valence-corrected chi connectivity index (χ0v) is 7.63. The second-order valence-electron chi connectivity index (χ2n) is 2.77. The van der Waals surface area contributed by atoms with Crippen LogP contribution in [0.4, 0.5) is 0 Å². The fourth-order valence-electron chi connectivity index (χ4n) is 0.505. The van der Waals surface area contributed by atoms with E-state index in [1.165, 1.54) is 12.5 Å². The molecule has 0 radical (unpaired) electrons. The number of allylic oxidation sites excluding steroid dienone is 1. The fourth-order valence-corrected chi connectivity index (χ4v) is 0.505. The van der Waals surface area contributed by atoms with E-state index in [1.807, 2.05) is 0 Å². The van der Waals surface area contributed by atoms with Gasteiger partial charge in [-0.25, -0.2) is 0 Å². The Kier molecular flexibility index (Phi) is 5.64. The van der Waals surface area contributed by atoms with Gasteiger partial charge in [-0.15, -0.1) is 0 Å². The van der Waals surface area contributed by atoms with Crippen LogP contribution in [0, 0.1) is 17.8 Å². The van der Waals surface area contributed by atoms with Gasteiger partial charge in [0.1, 0.15) is 6.26 Å². The van der Waals surface area contributed by atoms with Gasteiger partial charge in [0.25, 0.3) is 0 Å². The minimum atomic E-state index is 0.428. The van der Waals surface area contributed by atoms with Gasteiger partial charge in [0, 0.05) is 12.6 Å². The van der Waals surface area contributed by atoms with Crippen molar-refractivity contribution in [1.29, 1.82) is 0 Å². The maximum absolute atomic E-state index is 5.06.